The van der Waals surface area contributed by atoms with Crippen molar-refractivity contribution in [2.24, 2.45) is 0 Å². The average molecular weight is 346 g/mol. The number of anilines is 1. The third kappa shape index (κ3) is 5.29. The zero-order chi connectivity index (χ0) is 16.7. The summed E-state index contributed by atoms with van der Waals surface area (Å²) < 4.78 is 27.0. The maximum atomic E-state index is 12.2. The maximum absolute atomic E-state index is 12.2. The molecule has 0 saturated heterocycles. The highest BCUT2D eigenvalue weighted by Crippen LogP contribution is 2.16. The Balaban J connectivity index is 2.14. The summed E-state index contributed by atoms with van der Waals surface area (Å²) >= 11 is 5.13. The Morgan fingerprint density at radius 2 is 1.70 bits per heavy atom. The number of hydrogen-bond donors (Lipinski definition) is 1. The summed E-state index contributed by atoms with van der Waals surface area (Å²) in [5.41, 5.74) is 1.11. The number of sulfonamides is 1. The first-order chi connectivity index (χ1) is 11.0. The Bertz CT molecular complexity index is 877. The molecule has 0 aromatic heterocycles. The minimum atomic E-state index is -3.64. The molecule has 0 unspecified atom stereocenters. The van der Waals surface area contributed by atoms with Gasteiger partial charge in [0, 0.05) is 17.3 Å². The van der Waals surface area contributed by atoms with E-state index in [9.17, 15) is 13.2 Å². The topological polar surface area (TPSA) is 63.2 Å². The van der Waals surface area contributed by atoms with Crippen molar-refractivity contribution in [3.05, 3.63) is 72.3 Å². The molecule has 0 heterocycles. The van der Waals surface area contributed by atoms with Gasteiger partial charge in [-0.2, -0.15) is 0 Å². The Hall–Kier alpha value is -2.55. The number of para-hydroxylation sites is 1. The normalized spacial score (nSPS) is 10.8. The highest BCUT2D eigenvalue weighted by atomic mass is 35.5. The zero-order valence-electron chi connectivity index (χ0n) is 11.9. The van der Waals surface area contributed by atoms with Crippen molar-refractivity contribution >= 4 is 32.6 Å². The molecule has 0 aliphatic heterocycles. The smallest absolute Gasteiger partial charge is 0.261 e. The predicted octanol–water partition coefficient (Wildman–Crippen LogP) is 3.16. The molecular weight excluding hydrogens is 334 g/mol. The Morgan fingerprint density at radius 1 is 1.04 bits per heavy atom. The fraction of sp³-hybridized carbons (Fsp3) is 0. The van der Waals surface area contributed by atoms with E-state index in [1.807, 2.05) is 0 Å². The van der Waals surface area contributed by atoms with E-state index in [1.54, 1.807) is 42.5 Å². The van der Waals surface area contributed by atoms with Crippen LogP contribution in [0.5, 0.6) is 0 Å². The van der Waals surface area contributed by atoms with E-state index in [1.165, 1.54) is 18.2 Å². The van der Waals surface area contributed by atoms with Gasteiger partial charge < -0.3 is 0 Å². The number of carbonyl (C=O) groups is 1. The van der Waals surface area contributed by atoms with Crippen LogP contribution >= 0.6 is 11.6 Å². The Morgan fingerprint density at radius 3 is 2.30 bits per heavy atom. The van der Waals surface area contributed by atoms with Crippen molar-refractivity contribution in [1.29, 1.82) is 0 Å². The molecule has 0 saturated carbocycles. The molecule has 0 radical (unpaired) electrons. The van der Waals surface area contributed by atoms with E-state index in [2.05, 4.69) is 16.6 Å². The van der Waals surface area contributed by atoms with Crippen LogP contribution in [-0.4, -0.2) is 13.7 Å². The molecule has 0 atom stereocenters. The van der Waals surface area contributed by atoms with Gasteiger partial charge in [0.15, 0.2) is 0 Å². The second-order valence-electron chi connectivity index (χ2n) is 4.40. The molecule has 2 aromatic rings. The molecule has 116 valence electrons. The van der Waals surface area contributed by atoms with E-state index >= 15 is 0 Å². The van der Waals surface area contributed by atoms with Gasteiger partial charge in [0.05, 0.1) is 4.90 Å². The third-order valence-corrected chi connectivity index (χ3v) is 4.23. The molecule has 4 nitrogen and oxygen atoms in total. The van der Waals surface area contributed by atoms with E-state index in [4.69, 9.17) is 11.6 Å². The fourth-order valence-corrected chi connectivity index (χ4v) is 2.79. The first-order valence-electron chi connectivity index (χ1n) is 6.53. The molecule has 0 fully saturated rings. The van der Waals surface area contributed by atoms with Crippen molar-refractivity contribution < 1.29 is 13.2 Å². The molecule has 2 rings (SSSR count). The monoisotopic (exact) mass is 345 g/mol. The largest absolute Gasteiger partial charge is 0.280 e. The number of hydrogen-bond acceptors (Lipinski definition) is 3. The minimum absolute atomic E-state index is 0.137. The number of allylic oxidation sites excluding steroid dienone is 2. The van der Waals surface area contributed by atoms with Crippen LogP contribution in [0.4, 0.5) is 5.69 Å². The van der Waals surface area contributed by atoms with Crippen LogP contribution in [0.1, 0.15) is 5.56 Å². The molecular formula is C17H12ClNO3S. The van der Waals surface area contributed by atoms with Crippen molar-refractivity contribution in [2.45, 2.75) is 4.90 Å². The molecule has 0 bridgehead atoms. The minimum Gasteiger partial charge on any atom is -0.280 e. The van der Waals surface area contributed by atoms with Gasteiger partial charge >= 0.3 is 0 Å². The zero-order valence-corrected chi connectivity index (χ0v) is 13.4. The van der Waals surface area contributed by atoms with E-state index in [0.29, 0.717) is 11.3 Å². The number of nitrogens with one attached hydrogen (secondary N) is 1. The summed E-state index contributed by atoms with van der Waals surface area (Å²) in [7, 11) is -3.64. The lowest BCUT2D eigenvalue weighted by molar-refractivity contribution is -0.107. The molecule has 1 N–H and O–H groups in total. The fourth-order valence-electron chi connectivity index (χ4n) is 1.67. The lowest BCUT2D eigenvalue weighted by Crippen LogP contribution is -2.12. The SMILES string of the molecule is O=C(Cl)/C=C/C#Cc1ccc(S(=O)(=O)Nc2ccccc2)cc1. The number of rotatable bonds is 4. The Labute approximate surface area is 139 Å². The van der Waals surface area contributed by atoms with Crippen LogP contribution in [0.2, 0.25) is 0 Å². The lowest BCUT2D eigenvalue weighted by Gasteiger charge is -2.07. The second-order valence-corrected chi connectivity index (χ2v) is 6.46. The average Bonchev–Trinajstić information content (AvgIpc) is 2.52. The maximum Gasteiger partial charge on any atom is 0.261 e. The van der Waals surface area contributed by atoms with Crippen LogP contribution in [0.15, 0.2) is 71.6 Å². The highest BCUT2D eigenvalue weighted by Gasteiger charge is 2.13. The van der Waals surface area contributed by atoms with Gasteiger partial charge in [0.2, 0.25) is 5.24 Å². The van der Waals surface area contributed by atoms with Gasteiger partial charge in [-0.15, -0.1) is 0 Å². The third-order valence-electron chi connectivity index (χ3n) is 2.70. The molecule has 0 aliphatic carbocycles. The van der Waals surface area contributed by atoms with E-state index in [0.717, 1.165) is 6.08 Å². The van der Waals surface area contributed by atoms with Crippen molar-refractivity contribution in [2.75, 3.05) is 4.72 Å². The van der Waals surface area contributed by atoms with Gasteiger partial charge in [0.1, 0.15) is 0 Å². The quantitative estimate of drug-likeness (QED) is 0.526. The van der Waals surface area contributed by atoms with E-state index < -0.39 is 15.3 Å². The van der Waals surface area contributed by atoms with Crippen LogP contribution in [0, 0.1) is 11.8 Å². The molecule has 0 amide bonds. The van der Waals surface area contributed by atoms with Gasteiger partial charge in [-0.25, -0.2) is 8.42 Å². The van der Waals surface area contributed by atoms with Crippen molar-refractivity contribution in [3.63, 3.8) is 0 Å². The number of carbonyl (C=O) groups excluding carboxylic acids is 1. The molecule has 23 heavy (non-hydrogen) atoms. The standard InChI is InChI=1S/C17H12ClNO3S/c18-17(20)9-5-4-6-14-10-12-16(13-11-14)23(21,22)19-15-7-2-1-3-8-15/h1-3,5,7-13,19H/b9-5+. The molecule has 0 aliphatic rings. The first kappa shape index (κ1) is 16.8. The van der Waals surface area contributed by atoms with Crippen molar-refractivity contribution in [3.8, 4) is 11.8 Å². The van der Waals surface area contributed by atoms with Crippen LogP contribution in [-0.2, 0) is 14.8 Å². The van der Waals surface area contributed by atoms with Gasteiger partial charge in [-0.3, -0.25) is 9.52 Å². The number of benzene rings is 2. The Kier molecular flexibility index (Phi) is 5.58. The first-order valence-corrected chi connectivity index (χ1v) is 8.39. The molecule has 2 aromatic carbocycles. The summed E-state index contributed by atoms with van der Waals surface area (Å²) in [4.78, 5) is 10.6. The van der Waals surface area contributed by atoms with Gasteiger partial charge in [-0.05, 0) is 54.1 Å². The lowest BCUT2D eigenvalue weighted by atomic mass is 10.2. The second kappa shape index (κ2) is 7.63. The summed E-state index contributed by atoms with van der Waals surface area (Å²) in [6, 6.07) is 14.7. The van der Waals surface area contributed by atoms with Crippen LogP contribution in [0.3, 0.4) is 0 Å². The van der Waals surface area contributed by atoms with Crippen molar-refractivity contribution in [1.82, 2.24) is 0 Å². The summed E-state index contributed by atoms with van der Waals surface area (Å²) in [6.45, 7) is 0. The summed E-state index contributed by atoms with van der Waals surface area (Å²) in [5, 5.41) is -0.604. The predicted molar refractivity (Wildman–Crippen MR) is 90.6 cm³/mol. The van der Waals surface area contributed by atoms with Crippen LogP contribution < -0.4 is 4.72 Å². The van der Waals surface area contributed by atoms with Gasteiger partial charge in [0.25, 0.3) is 10.0 Å². The van der Waals surface area contributed by atoms with Crippen LogP contribution in [0.25, 0.3) is 0 Å². The molecule has 0 spiro atoms. The molecule has 6 heteroatoms. The summed E-state index contributed by atoms with van der Waals surface area (Å²) in [6.07, 6.45) is 2.47. The van der Waals surface area contributed by atoms with E-state index in [-0.39, 0.29) is 4.90 Å². The number of halogens is 1. The highest BCUT2D eigenvalue weighted by molar-refractivity contribution is 7.92. The summed E-state index contributed by atoms with van der Waals surface area (Å²) in [5.74, 6) is 5.40. The van der Waals surface area contributed by atoms with Gasteiger partial charge in [-0.1, -0.05) is 30.0 Å².